The van der Waals surface area contributed by atoms with Gasteiger partial charge in [0.2, 0.25) is 0 Å². The third-order valence-electron chi connectivity index (χ3n) is 4.72. The second-order valence-electron chi connectivity index (χ2n) is 6.82. The molecule has 0 saturated carbocycles. The van der Waals surface area contributed by atoms with Gasteiger partial charge in [0.25, 0.3) is 15.8 Å². The van der Waals surface area contributed by atoms with Gasteiger partial charge in [-0.15, -0.1) is 0 Å². The Kier molecular flexibility index (Phi) is 7.01. The van der Waals surface area contributed by atoms with E-state index < -0.39 is 45.6 Å². The second-order valence-corrected chi connectivity index (χ2v) is 8.39. The summed E-state index contributed by atoms with van der Waals surface area (Å²) in [6, 6.07) is 12.5. The number of esters is 1. The molecule has 4 atom stereocenters. The summed E-state index contributed by atoms with van der Waals surface area (Å²) in [4.78, 5) is 22.4. The number of carbonyl (C=O) groups is 1. The molecular weight excluding hydrogens is 430 g/mol. The van der Waals surface area contributed by atoms with Gasteiger partial charge in [-0.05, 0) is 31.2 Å². The normalized spacial score (nSPS) is 23.8. The van der Waals surface area contributed by atoms with Crippen LogP contribution in [0.4, 0.5) is 5.69 Å². The second kappa shape index (κ2) is 9.52. The number of nitrogens with zero attached hydrogens (tertiary/aromatic N) is 1. The molecule has 1 aliphatic rings. The van der Waals surface area contributed by atoms with Gasteiger partial charge in [-0.3, -0.25) is 14.3 Å². The van der Waals surface area contributed by atoms with E-state index in [2.05, 4.69) is 0 Å². The summed E-state index contributed by atoms with van der Waals surface area (Å²) in [5.41, 5.74) is 0.0355. The van der Waals surface area contributed by atoms with Gasteiger partial charge in [0, 0.05) is 25.7 Å². The molecule has 1 saturated heterocycles. The van der Waals surface area contributed by atoms with Gasteiger partial charge in [-0.2, -0.15) is 8.42 Å². The number of rotatable bonds is 7. The van der Waals surface area contributed by atoms with Gasteiger partial charge >= 0.3 is 5.97 Å². The molecule has 1 heterocycles. The van der Waals surface area contributed by atoms with Gasteiger partial charge in [0.1, 0.15) is 6.10 Å². The fourth-order valence-electron chi connectivity index (χ4n) is 3.13. The zero-order chi connectivity index (χ0) is 22.6. The summed E-state index contributed by atoms with van der Waals surface area (Å²) in [6.07, 6.45) is -3.63. The fraction of sp³-hybridized carbons (Fsp3) is 0.350. The van der Waals surface area contributed by atoms with Crippen molar-refractivity contribution < 1.29 is 36.5 Å². The number of hydrogen-bond acceptors (Lipinski definition) is 9. The quantitative estimate of drug-likeness (QED) is 0.270. The average molecular weight is 451 g/mol. The average Bonchev–Trinajstić information content (AvgIpc) is 2.76. The molecule has 0 unspecified atom stereocenters. The first-order valence-electron chi connectivity index (χ1n) is 9.33. The van der Waals surface area contributed by atoms with Crippen molar-refractivity contribution in [3.8, 4) is 0 Å². The number of non-ortho nitro benzene ring substituents is 1. The smallest absolute Gasteiger partial charge is 0.338 e. The van der Waals surface area contributed by atoms with E-state index in [1.807, 2.05) is 0 Å². The van der Waals surface area contributed by atoms with Crippen molar-refractivity contribution in [1.82, 2.24) is 0 Å². The van der Waals surface area contributed by atoms with Gasteiger partial charge < -0.3 is 14.2 Å². The Hall–Kier alpha value is -2.86. The molecule has 2 aromatic rings. The number of benzene rings is 2. The van der Waals surface area contributed by atoms with Crippen molar-refractivity contribution >= 4 is 21.8 Å². The summed E-state index contributed by atoms with van der Waals surface area (Å²) < 4.78 is 47.3. The minimum absolute atomic E-state index is 0.0141. The number of ether oxygens (including phenoxy) is 3. The maximum atomic E-state index is 12.8. The lowest BCUT2D eigenvalue weighted by Gasteiger charge is -2.38. The van der Waals surface area contributed by atoms with Crippen molar-refractivity contribution in [2.75, 3.05) is 7.11 Å². The molecule has 1 aliphatic heterocycles. The van der Waals surface area contributed by atoms with Crippen LogP contribution in [0.2, 0.25) is 0 Å². The standard InChI is InChI=1S/C20H21NO9S/c1-13-19(29-20(22)14-6-4-3-5-7-14)17(12-18(27-2)28-13)30-31(25,26)16-10-8-15(9-11-16)21(23)24/h3-11,13,17-19H,12H2,1-2H3/t13-,17-,18-,19+/m1/s1. The molecule has 31 heavy (non-hydrogen) atoms. The van der Waals surface area contributed by atoms with E-state index in [9.17, 15) is 23.3 Å². The van der Waals surface area contributed by atoms with E-state index in [-0.39, 0.29) is 17.0 Å². The highest BCUT2D eigenvalue weighted by atomic mass is 32.2. The van der Waals surface area contributed by atoms with Crippen molar-refractivity contribution in [2.24, 2.45) is 0 Å². The van der Waals surface area contributed by atoms with Crippen LogP contribution in [0, 0.1) is 10.1 Å². The Morgan fingerprint density at radius 1 is 1.13 bits per heavy atom. The van der Waals surface area contributed by atoms with E-state index in [0.717, 1.165) is 24.3 Å². The van der Waals surface area contributed by atoms with E-state index in [0.29, 0.717) is 5.56 Å². The molecule has 166 valence electrons. The Morgan fingerprint density at radius 3 is 2.35 bits per heavy atom. The van der Waals surface area contributed by atoms with E-state index >= 15 is 0 Å². The van der Waals surface area contributed by atoms with Crippen molar-refractivity contribution in [3.05, 3.63) is 70.3 Å². The Labute approximate surface area is 179 Å². The van der Waals surface area contributed by atoms with Crippen molar-refractivity contribution in [1.29, 1.82) is 0 Å². The summed E-state index contributed by atoms with van der Waals surface area (Å²) in [7, 11) is -2.92. The molecular formula is C20H21NO9S. The van der Waals surface area contributed by atoms with Gasteiger partial charge in [-0.25, -0.2) is 4.79 Å². The third-order valence-corrected chi connectivity index (χ3v) is 6.07. The lowest BCUT2D eigenvalue weighted by Crippen LogP contribution is -2.51. The first-order valence-corrected chi connectivity index (χ1v) is 10.7. The monoisotopic (exact) mass is 451 g/mol. The fourth-order valence-corrected chi connectivity index (χ4v) is 4.23. The van der Waals surface area contributed by atoms with Crippen molar-refractivity contribution in [2.45, 2.75) is 42.8 Å². The maximum Gasteiger partial charge on any atom is 0.338 e. The van der Waals surface area contributed by atoms with Gasteiger partial charge in [0.05, 0.1) is 21.5 Å². The van der Waals surface area contributed by atoms with Crippen LogP contribution >= 0.6 is 0 Å². The van der Waals surface area contributed by atoms with Gasteiger partial charge in [-0.1, -0.05) is 18.2 Å². The van der Waals surface area contributed by atoms with Crippen LogP contribution in [0.3, 0.4) is 0 Å². The van der Waals surface area contributed by atoms with Crippen LogP contribution in [0.5, 0.6) is 0 Å². The van der Waals surface area contributed by atoms with E-state index in [1.165, 1.54) is 7.11 Å². The number of nitro benzene ring substituents is 1. The molecule has 0 spiro atoms. The molecule has 3 rings (SSSR count). The lowest BCUT2D eigenvalue weighted by atomic mass is 10.0. The van der Waals surface area contributed by atoms with Crippen LogP contribution in [0.1, 0.15) is 23.7 Å². The van der Waals surface area contributed by atoms with Crippen LogP contribution < -0.4 is 0 Å². The van der Waals surface area contributed by atoms with Gasteiger partial charge in [0.15, 0.2) is 12.4 Å². The molecule has 0 amide bonds. The molecule has 10 nitrogen and oxygen atoms in total. The minimum Gasteiger partial charge on any atom is -0.453 e. The summed E-state index contributed by atoms with van der Waals surface area (Å²) >= 11 is 0. The number of hydrogen-bond donors (Lipinski definition) is 0. The predicted octanol–water partition coefficient (Wildman–Crippen LogP) is 2.68. The minimum atomic E-state index is -4.32. The number of carbonyl (C=O) groups excluding carboxylic acids is 1. The van der Waals surface area contributed by atoms with Crippen LogP contribution in [0.25, 0.3) is 0 Å². The Morgan fingerprint density at radius 2 is 1.77 bits per heavy atom. The number of methoxy groups -OCH3 is 1. The first-order chi connectivity index (χ1) is 14.7. The van der Waals surface area contributed by atoms with Crippen molar-refractivity contribution in [3.63, 3.8) is 0 Å². The zero-order valence-electron chi connectivity index (χ0n) is 16.7. The van der Waals surface area contributed by atoms with Crippen LogP contribution in [-0.4, -0.2) is 51.0 Å². The highest BCUT2D eigenvalue weighted by molar-refractivity contribution is 7.86. The first kappa shape index (κ1) is 22.8. The summed E-state index contributed by atoms with van der Waals surface area (Å²) in [5.74, 6) is -0.654. The maximum absolute atomic E-state index is 12.8. The summed E-state index contributed by atoms with van der Waals surface area (Å²) in [6.45, 7) is 1.61. The SMILES string of the molecule is CO[C@H]1C[C@@H](OS(=O)(=O)c2ccc([N+](=O)[O-])cc2)[C@@H](OC(=O)c2ccccc2)[C@@H](C)O1. The van der Waals surface area contributed by atoms with E-state index in [1.54, 1.807) is 37.3 Å². The molecule has 0 aromatic heterocycles. The van der Waals surface area contributed by atoms with E-state index in [4.69, 9.17) is 18.4 Å². The molecule has 0 bridgehead atoms. The molecule has 2 aromatic carbocycles. The largest absolute Gasteiger partial charge is 0.453 e. The molecule has 1 fully saturated rings. The highest BCUT2D eigenvalue weighted by Crippen LogP contribution is 2.29. The zero-order valence-corrected chi connectivity index (χ0v) is 17.6. The third kappa shape index (κ3) is 5.44. The topological polar surface area (TPSA) is 131 Å². The molecule has 11 heteroatoms. The predicted molar refractivity (Wildman–Crippen MR) is 107 cm³/mol. The van der Waals surface area contributed by atoms with Crippen LogP contribution in [-0.2, 0) is 28.5 Å². The Balaban J connectivity index is 1.83. The molecule has 0 aliphatic carbocycles. The lowest BCUT2D eigenvalue weighted by molar-refractivity contribution is -0.384. The number of nitro groups is 1. The van der Waals surface area contributed by atoms with Crippen LogP contribution in [0.15, 0.2) is 59.5 Å². The molecule has 0 radical (unpaired) electrons. The summed E-state index contributed by atoms with van der Waals surface area (Å²) in [5, 5.41) is 10.8. The Bertz CT molecular complexity index is 1020. The molecule has 0 N–H and O–H groups in total. The highest BCUT2D eigenvalue weighted by Gasteiger charge is 2.43.